The number of nitrogens with zero attached hydrogens (tertiary/aromatic N) is 2. The van der Waals surface area contributed by atoms with Gasteiger partial charge in [0.05, 0.1) is 17.4 Å². The van der Waals surface area contributed by atoms with Crippen LogP contribution in [0.2, 0.25) is 0 Å². The van der Waals surface area contributed by atoms with Crippen LogP contribution in [0.25, 0.3) is 0 Å². The van der Waals surface area contributed by atoms with Crippen LogP contribution in [0.4, 0.5) is 0 Å². The molecule has 2 aliphatic heterocycles. The first-order valence-corrected chi connectivity index (χ1v) is 9.41. The molecular formula is C21H22N2O3. The molecule has 0 radical (unpaired) electrons. The fourth-order valence-electron chi connectivity index (χ4n) is 7.20. The standard InChI is InChI=1S/C21H22N2O3/c1-23-8-7-20-16-12-3-4-14(24)17(16)26-18(20)21(25-2)6-5-19(20,15(23)9-12)10-13(21)11-22/h3-6,13,15,18,24H,7-10H2,1-2H3/t13-,15+,18+,19-,20-,21?/m0/s1. The van der Waals surface area contributed by atoms with Crippen LogP contribution in [0.3, 0.4) is 0 Å². The Morgan fingerprint density at radius 3 is 3.00 bits per heavy atom. The van der Waals surface area contributed by atoms with Gasteiger partial charge in [0, 0.05) is 24.1 Å². The molecular weight excluding hydrogens is 328 g/mol. The number of nitriles is 1. The Morgan fingerprint density at radius 2 is 2.23 bits per heavy atom. The predicted octanol–water partition coefficient (Wildman–Crippen LogP) is 2.14. The molecule has 6 atom stereocenters. The molecule has 1 N–H and O–H groups in total. The van der Waals surface area contributed by atoms with Gasteiger partial charge < -0.3 is 19.5 Å². The van der Waals surface area contributed by atoms with Gasteiger partial charge in [-0.2, -0.15) is 5.26 Å². The first kappa shape index (κ1) is 15.1. The number of ether oxygens (including phenoxy) is 2. The number of phenols is 1. The molecule has 4 aliphatic carbocycles. The van der Waals surface area contributed by atoms with Crippen molar-refractivity contribution in [3.63, 3.8) is 0 Å². The zero-order chi connectivity index (χ0) is 17.9. The predicted molar refractivity (Wildman–Crippen MR) is 94.0 cm³/mol. The molecule has 1 saturated heterocycles. The molecule has 1 aromatic carbocycles. The lowest BCUT2D eigenvalue weighted by Crippen LogP contribution is -2.78. The van der Waals surface area contributed by atoms with E-state index in [1.165, 1.54) is 11.1 Å². The summed E-state index contributed by atoms with van der Waals surface area (Å²) in [5.74, 6) is 0.588. The molecule has 2 fully saturated rings. The highest BCUT2D eigenvalue weighted by Gasteiger charge is 2.79. The number of benzene rings is 1. The van der Waals surface area contributed by atoms with E-state index in [1.54, 1.807) is 13.2 Å². The largest absolute Gasteiger partial charge is 0.504 e. The number of aromatic hydroxyl groups is 1. The fourth-order valence-corrected chi connectivity index (χ4v) is 7.20. The van der Waals surface area contributed by atoms with Gasteiger partial charge in [0.15, 0.2) is 11.5 Å². The highest BCUT2D eigenvalue weighted by atomic mass is 16.6. The number of likely N-dealkylation sites (N-methyl/N-ethyl adjacent to an activating group) is 1. The van der Waals surface area contributed by atoms with Crippen molar-refractivity contribution in [1.82, 2.24) is 4.90 Å². The van der Waals surface area contributed by atoms with Crippen LogP contribution in [-0.2, 0) is 16.6 Å². The van der Waals surface area contributed by atoms with Gasteiger partial charge in [-0.15, -0.1) is 0 Å². The number of methoxy groups -OCH3 is 1. The number of fused-ring (bicyclic) bond motifs is 1. The highest BCUT2D eigenvalue weighted by Crippen LogP contribution is 2.74. The zero-order valence-corrected chi connectivity index (χ0v) is 15.0. The molecule has 1 unspecified atom stereocenters. The van der Waals surface area contributed by atoms with Crippen molar-refractivity contribution < 1.29 is 14.6 Å². The molecule has 2 spiro atoms. The van der Waals surface area contributed by atoms with Crippen molar-refractivity contribution in [3.05, 3.63) is 35.4 Å². The first-order chi connectivity index (χ1) is 12.5. The minimum atomic E-state index is -0.753. The molecule has 26 heavy (non-hydrogen) atoms. The second-order valence-electron chi connectivity index (χ2n) is 8.68. The topological polar surface area (TPSA) is 65.7 Å². The number of likely N-dealkylation sites (tertiary alicyclic amines) is 1. The summed E-state index contributed by atoms with van der Waals surface area (Å²) in [6, 6.07) is 6.68. The monoisotopic (exact) mass is 350 g/mol. The first-order valence-electron chi connectivity index (χ1n) is 9.41. The summed E-state index contributed by atoms with van der Waals surface area (Å²) >= 11 is 0. The smallest absolute Gasteiger partial charge is 0.165 e. The molecule has 5 nitrogen and oxygen atoms in total. The van der Waals surface area contributed by atoms with E-state index in [0.717, 1.165) is 25.8 Å². The number of rotatable bonds is 1. The minimum absolute atomic E-state index is 0.141. The Morgan fingerprint density at radius 1 is 1.38 bits per heavy atom. The maximum atomic E-state index is 10.6. The van der Waals surface area contributed by atoms with Crippen molar-refractivity contribution in [3.8, 4) is 17.6 Å². The lowest BCUT2D eigenvalue weighted by atomic mass is 9.37. The second-order valence-corrected chi connectivity index (χ2v) is 8.68. The fraction of sp³-hybridized carbons (Fsp3) is 0.571. The van der Waals surface area contributed by atoms with Crippen molar-refractivity contribution in [2.75, 3.05) is 20.7 Å². The summed E-state index contributed by atoms with van der Waals surface area (Å²) in [5, 5.41) is 20.5. The summed E-state index contributed by atoms with van der Waals surface area (Å²) in [4.78, 5) is 2.46. The van der Waals surface area contributed by atoms with Gasteiger partial charge in [-0.05, 0) is 44.5 Å². The third kappa shape index (κ3) is 1.22. The average molecular weight is 350 g/mol. The van der Waals surface area contributed by atoms with Crippen LogP contribution in [0.1, 0.15) is 24.0 Å². The van der Waals surface area contributed by atoms with Gasteiger partial charge >= 0.3 is 0 Å². The van der Waals surface area contributed by atoms with Crippen molar-refractivity contribution in [1.29, 1.82) is 5.26 Å². The average Bonchev–Trinajstić information content (AvgIpc) is 3.03. The van der Waals surface area contributed by atoms with Gasteiger partial charge in [-0.1, -0.05) is 18.2 Å². The van der Waals surface area contributed by atoms with Crippen LogP contribution >= 0.6 is 0 Å². The maximum Gasteiger partial charge on any atom is 0.165 e. The third-order valence-electron chi connectivity index (χ3n) is 8.23. The molecule has 5 heteroatoms. The van der Waals surface area contributed by atoms with Crippen LogP contribution in [0.15, 0.2) is 24.3 Å². The Balaban J connectivity index is 1.75. The number of hydrogen-bond acceptors (Lipinski definition) is 5. The van der Waals surface area contributed by atoms with Gasteiger partial charge in [0.25, 0.3) is 0 Å². The Labute approximate surface area is 152 Å². The van der Waals surface area contributed by atoms with Gasteiger partial charge in [0.1, 0.15) is 11.7 Å². The van der Waals surface area contributed by atoms with E-state index >= 15 is 0 Å². The Hall–Kier alpha value is -2.03. The molecule has 6 aliphatic rings. The van der Waals surface area contributed by atoms with E-state index in [2.05, 4.69) is 36.2 Å². The van der Waals surface area contributed by atoms with Crippen LogP contribution in [0, 0.1) is 22.7 Å². The lowest BCUT2D eigenvalue weighted by molar-refractivity contribution is -0.203. The van der Waals surface area contributed by atoms with E-state index in [1.807, 2.05) is 0 Å². The number of phenolic OH excluding ortho intramolecular Hbond substituents is 1. The quantitative estimate of drug-likeness (QED) is 0.786. The minimum Gasteiger partial charge on any atom is -0.504 e. The zero-order valence-electron chi connectivity index (χ0n) is 15.0. The SMILES string of the molecule is COC12C=C[C@]3(C[C@H]1C#N)[C@H]1Cc4ccc(O)c5c4[C@@]3(CCN1C)[C@H]2O5. The summed E-state index contributed by atoms with van der Waals surface area (Å²) in [6.45, 7) is 0.992. The molecule has 0 aromatic heterocycles. The summed E-state index contributed by atoms with van der Waals surface area (Å²) in [7, 11) is 3.89. The highest BCUT2D eigenvalue weighted by molar-refractivity contribution is 5.65. The molecule has 4 bridgehead atoms. The molecule has 1 saturated carbocycles. The molecule has 1 aromatic rings. The second kappa shape index (κ2) is 4.27. The van der Waals surface area contributed by atoms with Gasteiger partial charge in [-0.25, -0.2) is 0 Å². The van der Waals surface area contributed by atoms with E-state index < -0.39 is 5.60 Å². The third-order valence-corrected chi connectivity index (χ3v) is 8.23. The molecule has 2 heterocycles. The van der Waals surface area contributed by atoms with E-state index in [9.17, 15) is 10.4 Å². The van der Waals surface area contributed by atoms with Crippen molar-refractivity contribution >= 4 is 0 Å². The molecule has 134 valence electrons. The van der Waals surface area contributed by atoms with E-state index in [-0.39, 0.29) is 28.6 Å². The van der Waals surface area contributed by atoms with E-state index in [4.69, 9.17) is 9.47 Å². The van der Waals surface area contributed by atoms with Crippen molar-refractivity contribution in [2.24, 2.45) is 11.3 Å². The summed E-state index contributed by atoms with van der Waals surface area (Å²) in [5.41, 5.74) is 1.36. The number of hydrogen-bond donors (Lipinski definition) is 1. The normalized spacial score (nSPS) is 46.6. The summed E-state index contributed by atoms with van der Waals surface area (Å²) in [6.07, 6.45) is 6.86. The maximum absolute atomic E-state index is 10.6. The van der Waals surface area contributed by atoms with Crippen LogP contribution in [-0.4, -0.2) is 48.5 Å². The van der Waals surface area contributed by atoms with Crippen molar-refractivity contribution in [2.45, 2.75) is 42.4 Å². The summed E-state index contributed by atoms with van der Waals surface area (Å²) < 4.78 is 12.6. The Bertz CT molecular complexity index is 921. The van der Waals surface area contributed by atoms with Crippen LogP contribution in [0.5, 0.6) is 11.5 Å². The molecule has 0 amide bonds. The molecule has 7 rings (SSSR count). The van der Waals surface area contributed by atoms with Gasteiger partial charge in [-0.3, -0.25) is 0 Å². The van der Waals surface area contributed by atoms with Crippen LogP contribution < -0.4 is 4.74 Å². The Kier molecular flexibility index (Phi) is 2.47. The van der Waals surface area contributed by atoms with E-state index in [0.29, 0.717) is 11.8 Å². The lowest BCUT2D eigenvalue weighted by Gasteiger charge is -2.70. The number of piperidine rings is 1. The van der Waals surface area contributed by atoms with Gasteiger partial charge in [0.2, 0.25) is 0 Å².